The molecule has 0 saturated heterocycles. The second-order valence-electron chi connectivity index (χ2n) is 4.76. The average Bonchev–Trinajstić information content (AvgIpc) is 2.84. The van der Waals surface area contributed by atoms with Gasteiger partial charge in [0.2, 0.25) is 0 Å². The largest absolute Gasteiger partial charge is 0.476 e. The third-order valence-electron chi connectivity index (χ3n) is 3.28. The Labute approximate surface area is 132 Å². The van der Waals surface area contributed by atoms with Crippen molar-refractivity contribution in [1.82, 2.24) is 9.38 Å². The fraction of sp³-hybridized carbons (Fsp3) is 0.0667. The van der Waals surface area contributed by atoms with E-state index in [-0.39, 0.29) is 10.7 Å². The summed E-state index contributed by atoms with van der Waals surface area (Å²) in [6, 6.07) is 9.32. The van der Waals surface area contributed by atoms with Crippen LogP contribution in [0.25, 0.3) is 16.8 Å². The van der Waals surface area contributed by atoms with Crippen LogP contribution in [0.1, 0.15) is 16.1 Å². The number of benzene rings is 1. The highest BCUT2D eigenvalue weighted by Gasteiger charge is 2.36. The molecule has 1 N–H and O–H groups in total. The Hall–Kier alpha value is -2.54. The van der Waals surface area contributed by atoms with Crippen molar-refractivity contribution in [1.29, 1.82) is 0 Å². The van der Waals surface area contributed by atoms with E-state index in [4.69, 9.17) is 16.7 Å². The van der Waals surface area contributed by atoms with E-state index in [0.29, 0.717) is 5.56 Å². The summed E-state index contributed by atoms with van der Waals surface area (Å²) in [6.45, 7) is 0. The summed E-state index contributed by atoms with van der Waals surface area (Å²) < 4.78 is 40.9. The summed E-state index contributed by atoms with van der Waals surface area (Å²) >= 11 is 5.89. The fourth-order valence-electron chi connectivity index (χ4n) is 2.25. The minimum Gasteiger partial charge on any atom is -0.476 e. The maximum Gasteiger partial charge on any atom is 0.420 e. The van der Waals surface area contributed by atoms with Crippen molar-refractivity contribution in [2.24, 2.45) is 0 Å². The third-order valence-corrected chi connectivity index (χ3v) is 3.64. The third kappa shape index (κ3) is 2.63. The molecule has 0 aliphatic rings. The molecule has 0 bridgehead atoms. The number of aromatic nitrogens is 2. The van der Waals surface area contributed by atoms with Crippen molar-refractivity contribution in [2.75, 3.05) is 0 Å². The summed E-state index contributed by atoms with van der Waals surface area (Å²) in [5, 5.41) is 8.63. The Kier molecular flexibility index (Phi) is 3.52. The van der Waals surface area contributed by atoms with Crippen LogP contribution in [0, 0.1) is 0 Å². The molecule has 0 atom stereocenters. The zero-order valence-electron chi connectivity index (χ0n) is 11.3. The monoisotopic (exact) mass is 340 g/mol. The molecular weight excluding hydrogens is 333 g/mol. The first-order chi connectivity index (χ1) is 10.8. The van der Waals surface area contributed by atoms with Crippen LogP contribution in [0.3, 0.4) is 0 Å². The molecule has 4 nitrogen and oxygen atoms in total. The van der Waals surface area contributed by atoms with Crippen LogP contribution in [0.4, 0.5) is 13.2 Å². The fourth-order valence-corrected chi connectivity index (χ4v) is 2.50. The maximum atomic E-state index is 13.3. The van der Waals surface area contributed by atoms with Crippen molar-refractivity contribution in [3.05, 3.63) is 59.0 Å². The molecule has 0 saturated carbocycles. The maximum absolute atomic E-state index is 13.3. The SMILES string of the molecule is O=C(O)c1nc2c(C(F)(F)F)cc(-c3ccccc3)cn2c1Cl. The molecule has 8 heteroatoms. The van der Waals surface area contributed by atoms with E-state index >= 15 is 0 Å². The number of hydrogen-bond donors (Lipinski definition) is 1. The summed E-state index contributed by atoms with van der Waals surface area (Å²) in [4.78, 5) is 14.6. The first-order valence-corrected chi connectivity index (χ1v) is 6.74. The molecule has 0 spiro atoms. The Morgan fingerprint density at radius 3 is 2.39 bits per heavy atom. The molecule has 118 valence electrons. The van der Waals surface area contributed by atoms with Gasteiger partial charge in [0.05, 0.1) is 5.56 Å². The number of rotatable bonds is 2. The number of nitrogens with zero attached hydrogens (tertiary/aromatic N) is 2. The van der Waals surface area contributed by atoms with E-state index in [9.17, 15) is 18.0 Å². The van der Waals surface area contributed by atoms with Gasteiger partial charge >= 0.3 is 12.1 Å². The van der Waals surface area contributed by atoms with E-state index in [1.165, 1.54) is 6.20 Å². The highest BCUT2D eigenvalue weighted by molar-refractivity contribution is 6.32. The molecule has 3 aromatic rings. The second kappa shape index (κ2) is 5.27. The van der Waals surface area contributed by atoms with Gasteiger partial charge in [-0.3, -0.25) is 4.40 Å². The summed E-state index contributed by atoms with van der Waals surface area (Å²) in [5.74, 6) is -1.49. The van der Waals surface area contributed by atoms with Gasteiger partial charge in [0, 0.05) is 6.20 Å². The van der Waals surface area contributed by atoms with Gasteiger partial charge in [0.1, 0.15) is 5.15 Å². The second-order valence-corrected chi connectivity index (χ2v) is 5.11. The Bertz CT molecular complexity index is 904. The van der Waals surface area contributed by atoms with Gasteiger partial charge in [0.15, 0.2) is 11.3 Å². The van der Waals surface area contributed by atoms with Gasteiger partial charge in [-0.15, -0.1) is 0 Å². The summed E-state index contributed by atoms with van der Waals surface area (Å²) in [6.07, 6.45) is -3.36. The minimum atomic E-state index is -4.70. The Balaban J connectivity index is 2.38. The lowest BCUT2D eigenvalue weighted by Gasteiger charge is -2.11. The molecule has 3 rings (SSSR count). The highest BCUT2D eigenvalue weighted by atomic mass is 35.5. The number of fused-ring (bicyclic) bond motifs is 1. The van der Waals surface area contributed by atoms with Crippen LogP contribution in [-0.2, 0) is 6.18 Å². The normalized spacial score (nSPS) is 11.8. The molecule has 0 radical (unpaired) electrons. The van der Waals surface area contributed by atoms with Crippen LogP contribution < -0.4 is 0 Å². The molecule has 23 heavy (non-hydrogen) atoms. The standard InChI is InChI=1S/C15H8ClF3N2O2/c16-12-11(14(22)23)20-13-10(15(17,18)19)6-9(7-21(12)13)8-4-2-1-3-5-8/h1-7H,(H,22,23). The van der Waals surface area contributed by atoms with Crippen molar-refractivity contribution in [3.63, 3.8) is 0 Å². The molecule has 2 heterocycles. The minimum absolute atomic E-state index is 0.252. The van der Waals surface area contributed by atoms with E-state index in [0.717, 1.165) is 10.5 Å². The van der Waals surface area contributed by atoms with Crippen LogP contribution >= 0.6 is 11.6 Å². The van der Waals surface area contributed by atoms with Crippen LogP contribution in [0.2, 0.25) is 5.15 Å². The lowest BCUT2D eigenvalue weighted by atomic mass is 10.1. The number of aromatic carboxylic acids is 1. The molecule has 0 amide bonds. The highest BCUT2D eigenvalue weighted by Crippen LogP contribution is 2.36. The van der Waals surface area contributed by atoms with Crippen molar-refractivity contribution >= 4 is 23.2 Å². The molecule has 0 aliphatic heterocycles. The van der Waals surface area contributed by atoms with Gasteiger partial charge < -0.3 is 5.11 Å². The Morgan fingerprint density at radius 2 is 1.83 bits per heavy atom. The van der Waals surface area contributed by atoms with Gasteiger partial charge in [0.25, 0.3) is 0 Å². The van der Waals surface area contributed by atoms with Crippen molar-refractivity contribution < 1.29 is 23.1 Å². The predicted molar refractivity (Wildman–Crippen MR) is 77.6 cm³/mol. The number of carbonyl (C=O) groups is 1. The van der Waals surface area contributed by atoms with E-state index in [1.54, 1.807) is 30.3 Å². The number of hydrogen-bond acceptors (Lipinski definition) is 2. The van der Waals surface area contributed by atoms with E-state index < -0.39 is 29.1 Å². The predicted octanol–water partition coefficient (Wildman–Crippen LogP) is 4.37. The molecule has 0 unspecified atom stereocenters. The number of halogens is 4. The average molecular weight is 341 g/mol. The summed E-state index contributed by atoms with van der Waals surface area (Å²) in [5.41, 5.74) is -1.42. The van der Waals surface area contributed by atoms with Gasteiger partial charge in [-0.05, 0) is 17.2 Å². The molecular formula is C15H8ClF3N2O2. The smallest absolute Gasteiger partial charge is 0.420 e. The first kappa shape index (κ1) is 15.4. The molecule has 2 aromatic heterocycles. The van der Waals surface area contributed by atoms with Crippen LogP contribution in [-0.4, -0.2) is 20.5 Å². The topological polar surface area (TPSA) is 54.6 Å². The van der Waals surface area contributed by atoms with E-state index in [2.05, 4.69) is 4.98 Å². The van der Waals surface area contributed by atoms with Gasteiger partial charge in [-0.2, -0.15) is 13.2 Å². The number of carboxylic acids is 1. The lowest BCUT2D eigenvalue weighted by molar-refractivity contribution is -0.136. The quantitative estimate of drug-likeness (QED) is 0.753. The number of alkyl halides is 3. The van der Waals surface area contributed by atoms with Crippen molar-refractivity contribution in [3.8, 4) is 11.1 Å². The van der Waals surface area contributed by atoms with Crippen LogP contribution in [0.15, 0.2) is 42.6 Å². The van der Waals surface area contributed by atoms with Crippen LogP contribution in [0.5, 0.6) is 0 Å². The zero-order valence-corrected chi connectivity index (χ0v) is 12.1. The number of imidazole rings is 1. The molecule has 1 aromatic carbocycles. The van der Waals surface area contributed by atoms with Gasteiger partial charge in [-0.1, -0.05) is 41.9 Å². The van der Waals surface area contributed by atoms with Crippen molar-refractivity contribution in [2.45, 2.75) is 6.18 Å². The molecule has 0 fully saturated rings. The zero-order chi connectivity index (χ0) is 16.8. The number of carboxylic acid groups (broad SMARTS) is 1. The van der Waals surface area contributed by atoms with E-state index in [1.807, 2.05) is 0 Å². The Morgan fingerprint density at radius 1 is 1.17 bits per heavy atom. The first-order valence-electron chi connectivity index (χ1n) is 6.36. The number of pyridine rings is 1. The summed E-state index contributed by atoms with van der Waals surface area (Å²) in [7, 11) is 0. The van der Waals surface area contributed by atoms with Gasteiger partial charge in [-0.25, -0.2) is 9.78 Å². The lowest BCUT2D eigenvalue weighted by Crippen LogP contribution is -2.08. The molecule has 0 aliphatic carbocycles.